The monoisotopic (exact) mass is 174 g/mol. The van der Waals surface area contributed by atoms with E-state index in [-0.39, 0.29) is 9.46 Å². The predicted molar refractivity (Wildman–Crippen MR) is 36.5 cm³/mol. The molecular formula is C4H6N4O4. The maximum Gasteiger partial charge on any atom is 0.541 e. The van der Waals surface area contributed by atoms with Gasteiger partial charge in [0.1, 0.15) is 0 Å². The molecule has 1 aromatic heterocycles. The first-order valence-electron chi connectivity index (χ1n) is 2.78. The maximum atomic E-state index is 10.7. The summed E-state index contributed by atoms with van der Waals surface area (Å²) in [5.74, 6) is -2.91. The molecule has 6 N–H and O–H groups in total. The zero-order chi connectivity index (χ0) is 9.46. The molecule has 66 valence electrons. The highest BCUT2D eigenvalue weighted by molar-refractivity contribution is 5.50. The molecule has 0 aromatic carbocycles. The van der Waals surface area contributed by atoms with Crippen LogP contribution in [-0.2, 0) is 0 Å². The minimum atomic E-state index is -1.00. The van der Waals surface area contributed by atoms with Crippen LogP contribution in [0.3, 0.4) is 0 Å². The second-order valence-electron chi connectivity index (χ2n) is 2.01. The molecule has 0 bridgehead atoms. The fourth-order valence-electron chi connectivity index (χ4n) is 0.618. The maximum absolute atomic E-state index is 10.7. The summed E-state index contributed by atoms with van der Waals surface area (Å²) in [7, 11) is 0. The van der Waals surface area contributed by atoms with Crippen molar-refractivity contribution in [2.24, 2.45) is 0 Å². The molecule has 0 unspecified atom stereocenters. The quantitative estimate of drug-likeness (QED) is 0.253. The zero-order valence-electron chi connectivity index (χ0n) is 5.76. The minimum Gasteiger partial charge on any atom is -0.673 e. The van der Waals surface area contributed by atoms with Crippen molar-refractivity contribution >= 4 is 11.6 Å². The Morgan fingerprint density at radius 1 is 1.00 bits per heavy atom. The van der Waals surface area contributed by atoms with Gasteiger partial charge in [0.2, 0.25) is 5.69 Å². The van der Waals surface area contributed by atoms with E-state index in [0.717, 1.165) is 0 Å². The SMILES string of the molecule is Nc1c(O)[n+]([O-])c(N)[n+]([O-])c1O. The van der Waals surface area contributed by atoms with Gasteiger partial charge in [-0.1, -0.05) is 0 Å². The summed E-state index contributed by atoms with van der Waals surface area (Å²) >= 11 is 0. The zero-order valence-corrected chi connectivity index (χ0v) is 5.76. The van der Waals surface area contributed by atoms with Crippen LogP contribution < -0.4 is 20.9 Å². The molecule has 0 amide bonds. The molecule has 0 atom stereocenters. The summed E-state index contributed by atoms with van der Waals surface area (Å²) in [5.41, 5.74) is 9.12. The van der Waals surface area contributed by atoms with Gasteiger partial charge in [0.15, 0.2) is 0 Å². The number of nitrogen functional groups attached to an aromatic ring is 2. The first-order valence-corrected chi connectivity index (χ1v) is 2.78. The summed E-state index contributed by atoms with van der Waals surface area (Å²) in [6, 6.07) is 0. The number of anilines is 2. The average Bonchev–Trinajstić information content (AvgIpc) is 2.08. The van der Waals surface area contributed by atoms with E-state index in [1.165, 1.54) is 0 Å². The lowest BCUT2D eigenvalue weighted by molar-refractivity contribution is -0.723. The number of nitrogens with two attached hydrogens (primary N) is 2. The molecule has 1 rings (SSSR count). The van der Waals surface area contributed by atoms with Crippen LogP contribution in [0.4, 0.5) is 11.6 Å². The topological polar surface area (TPSA) is 146 Å². The van der Waals surface area contributed by atoms with Crippen molar-refractivity contribution in [2.45, 2.75) is 0 Å². The Labute approximate surface area is 66.1 Å². The van der Waals surface area contributed by atoms with E-state index in [4.69, 9.17) is 21.7 Å². The lowest BCUT2D eigenvalue weighted by atomic mass is 10.5. The number of nitrogens with zero attached hydrogens (tertiary/aromatic N) is 2. The smallest absolute Gasteiger partial charge is 0.541 e. The van der Waals surface area contributed by atoms with Gasteiger partial charge < -0.3 is 26.4 Å². The molecule has 0 aliphatic rings. The number of hydrogen-bond acceptors (Lipinski definition) is 6. The van der Waals surface area contributed by atoms with Gasteiger partial charge in [0.05, 0.1) is 0 Å². The highest BCUT2D eigenvalue weighted by Crippen LogP contribution is 2.22. The van der Waals surface area contributed by atoms with Crippen LogP contribution in [0, 0.1) is 10.4 Å². The molecule has 1 heterocycles. The van der Waals surface area contributed by atoms with E-state index in [1.54, 1.807) is 0 Å². The summed E-state index contributed by atoms with van der Waals surface area (Å²) in [4.78, 5) is 0. The van der Waals surface area contributed by atoms with E-state index in [2.05, 4.69) is 0 Å². The number of aromatic hydroxyl groups is 2. The highest BCUT2D eigenvalue weighted by atomic mass is 16.5. The van der Waals surface area contributed by atoms with Crippen molar-refractivity contribution in [3.05, 3.63) is 10.4 Å². The van der Waals surface area contributed by atoms with Gasteiger partial charge in [-0.2, -0.15) is 0 Å². The van der Waals surface area contributed by atoms with Gasteiger partial charge in [-0.15, -0.1) is 9.46 Å². The Balaban J connectivity index is 3.60. The third-order valence-corrected chi connectivity index (χ3v) is 1.28. The Kier molecular flexibility index (Phi) is 1.45. The van der Waals surface area contributed by atoms with E-state index in [0.29, 0.717) is 0 Å². The molecule has 1 aromatic rings. The van der Waals surface area contributed by atoms with Gasteiger partial charge in [-0.3, -0.25) is 0 Å². The third-order valence-electron chi connectivity index (χ3n) is 1.28. The van der Waals surface area contributed by atoms with Crippen molar-refractivity contribution in [3.63, 3.8) is 0 Å². The fourth-order valence-corrected chi connectivity index (χ4v) is 0.618. The largest absolute Gasteiger partial charge is 0.673 e. The fraction of sp³-hybridized carbons (Fsp3) is 0. The van der Waals surface area contributed by atoms with E-state index < -0.39 is 23.4 Å². The van der Waals surface area contributed by atoms with E-state index in [9.17, 15) is 10.4 Å². The molecule has 0 saturated carbocycles. The molecule has 0 fully saturated rings. The molecule has 8 nitrogen and oxygen atoms in total. The number of rotatable bonds is 0. The third kappa shape index (κ3) is 0.779. The highest BCUT2D eigenvalue weighted by Gasteiger charge is 2.24. The van der Waals surface area contributed by atoms with Gasteiger partial charge in [0.25, 0.3) is 0 Å². The molecule has 0 radical (unpaired) electrons. The van der Waals surface area contributed by atoms with Crippen LogP contribution >= 0.6 is 0 Å². The second-order valence-corrected chi connectivity index (χ2v) is 2.01. The Morgan fingerprint density at radius 2 is 1.33 bits per heavy atom. The number of hydrogen-bond donors (Lipinski definition) is 4. The molecule has 12 heavy (non-hydrogen) atoms. The summed E-state index contributed by atoms with van der Waals surface area (Å²) in [6.45, 7) is 0. The molecular weight excluding hydrogens is 168 g/mol. The van der Waals surface area contributed by atoms with Crippen molar-refractivity contribution < 1.29 is 19.7 Å². The second kappa shape index (κ2) is 2.19. The van der Waals surface area contributed by atoms with Crippen LogP contribution in [0.5, 0.6) is 11.8 Å². The molecule has 0 saturated heterocycles. The summed E-state index contributed by atoms with van der Waals surface area (Å²) in [6.07, 6.45) is 0. The van der Waals surface area contributed by atoms with Gasteiger partial charge >= 0.3 is 17.7 Å². The van der Waals surface area contributed by atoms with Crippen LogP contribution in [0.25, 0.3) is 0 Å². The van der Waals surface area contributed by atoms with E-state index >= 15 is 0 Å². The Hall–Kier alpha value is -2.12. The average molecular weight is 174 g/mol. The van der Waals surface area contributed by atoms with Gasteiger partial charge in [-0.05, 0) is 0 Å². The van der Waals surface area contributed by atoms with Crippen molar-refractivity contribution in [2.75, 3.05) is 11.5 Å². The van der Waals surface area contributed by atoms with Crippen LogP contribution in [-0.4, -0.2) is 10.2 Å². The Morgan fingerprint density at radius 3 is 1.67 bits per heavy atom. The van der Waals surface area contributed by atoms with Crippen LogP contribution in [0.2, 0.25) is 0 Å². The Bertz CT molecular complexity index is 233. The van der Waals surface area contributed by atoms with Crippen molar-refractivity contribution in [1.29, 1.82) is 0 Å². The van der Waals surface area contributed by atoms with Crippen molar-refractivity contribution in [3.8, 4) is 11.8 Å². The van der Waals surface area contributed by atoms with Crippen LogP contribution in [0.15, 0.2) is 0 Å². The normalized spacial score (nSPS) is 10.0. The van der Waals surface area contributed by atoms with Crippen LogP contribution in [0.1, 0.15) is 0 Å². The summed E-state index contributed by atoms with van der Waals surface area (Å²) in [5, 5.41) is 39.0. The molecule has 0 aliphatic heterocycles. The van der Waals surface area contributed by atoms with Crippen molar-refractivity contribution in [1.82, 2.24) is 0 Å². The minimum absolute atomic E-state index is 0.290. The van der Waals surface area contributed by atoms with Gasteiger partial charge in [0, 0.05) is 0 Å². The molecule has 0 aliphatic carbocycles. The van der Waals surface area contributed by atoms with Gasteiger partial charge in [-0.25, -0.2) is 5.73 Å². The molecule has 8 heteroatoms. The van der Waals surface area contributed by atoms with E-state index in [1.807, 2.05) is 0 Å². The standard InChI is InChI=1S/C4H6N4O4/c5-1-2(9)7(11)4(6)8(12)3(1)10/h9-10H,5-6H2. The summed E-state index contributed by atoms with van der Waals surface area (Å²) < 4.78 is -0.579. The lowest BCUT2D eigenvalue weighted by Gasteiger charge is -2.09. The number of aromatic nitrogens is 2. The molecule has 0 spiro atoms. The predicted octanol–water partition coefficient (Wildman–Crippen LogP) is -2.47. The lowest BCUT2D eigenvalue weighted by Crippen LogP contribution is -2.46. The first-order chi connectivity index (χ1) is 5.46. The first kappa shape index (κ1) is 7.98.